The van der Waals surface area contributed by atoms with E-state index in [1.807, 2.05) is 0 Å². The molecular weight excluding hydrogens is 348 g/mol. The van der Waals surface area contributed by atoms with Crippen molar-refractivity contribution >= 4 is 27.8 Å². The van der Waals surface area contributed by atoms with Crippen LogP contribution in [0.3, 0.4) is 0 Å². The van der Waals surface area contributed by atoms with Crippen molar-refractivity contribution in [3.05, 3.63) is 29.8 Å². The second-order valence-electron chi connectivity index (χ2n) is 6.31. The lowest BCUT2D eigenvalue weighted by Crippen LogP contribution is -2.40. The van der Waals surface area contributed by atoms with E-state index in [-0.39, 0.29) is 18.7 Å². The lowest BCUT2D eigenvalue weighted by molar-refractivity contribution is 0.0528. The highest BCUT2D eigenvalue weighted by molar-refractivity contribution is 7.92. The van der Waals surface area contributed by atoms with Gasteiger partial charge in [0.2, 0.25) is 10.0 Å². The number of methoxy groups -OCH3 is 1. The normalized spacial score (nSPS) is 11.6. The van der Waals surface area contributed by atoms with E-state index in [1.165, 1.54) is 19.2 Å². The summed E-state index contributed by atoms with van der Waals surface area (Å²) in [4.78, 5) is 23.3. The number of hydrogen-bond acceptors (Lipinski definition) is 6. The Hall–Kier alpha value is -2.29. The average molecular weight is 372 g/mol. The molecule has 0 fully saturated rings. The highest BCUT2D eigenvalue weighted by Gasteiger charge is 2.20. The lowest BCUT2D eigenvalue weighted by atomic mass is 10.2. The van der Waals surface area contributed by atoms with Crippen LogP contribution in [0.1, 0.15) is 31.1 Å². The van der Waals surface area contributed by atoms with Crippen molar-refractivity contribution in [1.82, 2.24) is 5.32 Å². The minimum Gasteiger partial charge on any atom is -0.465 e. The predicted octanol–water partition coefficient (Wildman–Crippen LogP) is 1.76. The highest BCUT2D eigenvalue weighted by Crippen LogP contribution is 2.19. The molecule has 9 heteroatoms. The number of amides is 1. The Morgan fingerprint density at radius 3 is 2.40 bits per heavy atom. The molecule has 0 spiro atoms. The summed E-state index contributed by atoms with van der Waals surface area (Å²) in [5.74, 6) is -0.567. The molecule has 0 saturated carbocycles. The van der Waals surface area contributed by atoms with Crippen LogP contribution in [0.4, 0.5) is 10.5 Å². The third kappa shape index (κ3) is 7.00. The molecule has 0 bridgehead atoms. The first-order valence-corrected chi connectivity index (χ1v) is 9.42. The fourth-order valence-electron chi connectivity index (χ4n) is 1.97. The second-order valence-corrected chi connectivity index (χ2v) is 8.21. The van der Waals surface area contributed by atoms with E-state index in [1.54, 1.807) is 32.9 Å². The van der Waals surface area contributed by atoms with Gasteiger partial charge in [0.05, 0.1) is 31.2 Å². The molecule has 1 rings (SSSR count). The van der Waals surface area contributed by atoms with Gasteiger partial charge in [-0.15, -0.1) is 0 Å². The van der Waals surface area contributed by atoms with Gasteiger partial charge in [-0.1, -0.05) is 6.07 Å². The van der Waals surface area contributed by atoms with Crippen molar-refractivity contribution in [2.45, 2.75) is 26.4 Å². The van der Waals surface area contributed by atoms with Gasteiger partial charge in [0.25, 0.3) is 0 Å². The monoisotopic (exact) mass is 372 g/mol. The number of carbonyl (C=O) groups excluding carboxylic acids is 2. The Bertz CT molecular complexity index is 724. The number of esters is 1. The SMILES string of the molecule is COC(=O)c1cccc(N(CCNC(=O)OC(C)(C)C)S(C)(=O)=O)c1. The van der Waals surface area contributed by atoms with Crippen LogP contribution in [0.2, 0.25) is 0 Å². The Morgan fingerprint density at radius 1 is 1.24 bits per heavy atom. The maximum atomic E-state index is 12.1. The summed E-state index contributed by atoms with van der Waals surface area (Å²) in [6, 6.07) is 6.05. The first-order chi connectivity index (χ1) is 11.4. The maximum Gasteiger partial charge on any atom is 0.407 e. The zero-order valence-corrected chi connectivity index (χ0v) is 15.8. The van der Waals surface area contributed by atoms with E-state index in [9.17, 15) is 18.0 Å². The number of sulfonamides is 1. The lowest BCUT2D eigenvalue weighted by Gasteiger charge is -2.24. The van der Waals surface area contributed by atoms with Crippen molar-refractivity contribution < 1.29 is 27.5 Å². The molecule has 0 radical (unpaired) electrons. The molecule has 1 amide bonds. The fourth-order valence-corrected chi connectivity index (χ4v) is 2.89. The van der Waals surface area contributed by atoms with E-state index >= 15 is 0 Å². The first-order valence-electron chi connectivity index (χ1n) is 7.57. The Kier molecular flexibility index (Phi) is 6.80. The minimum atomic E-state index is -3.61. The molecule has 25 heavy (non-hydrogen) atoms. The van der Waals surface area contributed by atoms with Crippen LogP contribution in [0.5, 0.6) is 0 Å². The summed E-state index contributed by atoms with van der Waals surface area (Å²) in [5, 5.41) is 2.50. The van der Waals surface area contributed by atoms with Crippen molar-refractivity contribution in [3.63, 3.8) is 0 Å². The van der Waals surface area contributed by atoms with Gasteiger partial charge in [-0.3, -0.25) is 4.31 Å². The van der Waals surface area contributed by atoms with Gasteiger partial charge in [0.1, 0.15) is 5.60 Å². The molecule has 1 aromatic carbocycles. The zero-order chi connectivity index (χ0) is 19.3. The molecule has 0 aliphatic rings. The largest absolute Gasteiger partial charge is 0.465 e. The van der Waals surface area contributed by atoms with Crippen LogP contribution in [-0.4, -0.2) is 52.5 Å². The van der Waals surface area contributed by atoms with Gasteiger partial charge in [0.15, 0.2) is 0 Å². The second kappa shape index (κ2) is 8.19. The number of nitrogens with zero attached hydrogens (tertiary/aromatic N) is 1. The standard InChI is InChI=1S/C16H24N2O6S/c1-16(2,3)24-15(20)17-9-10-18(25(5,21)22)13-8-6-7-12(11-13)14(19)23-4/h6-8,11H,9-10H2,1-5H3,(H,17,20). The van der Waals surface area contributed by atoms with Gasteiger partial charge < -0.3 is 14.8 Å². The number of rotatable bonds is 6. The van der Waals surface area contributed by atoms with Crippen molar-refractivity contribution in [2.75, 3.05) is 30.8 Å². The van der Waals surface area contributed by atoms with Crippen LogP contribution < -0.4 is 9.62 Å². The average Bonchev–Trinajstić information content (AvgIpc) is 2.48. The van der Waals surface area contributed by atoms with Gasteiger partial charge >= 0.3 is 12.1 Å². The quantitative estimate of drug-likeness (QED) is 0.764. The fraction of sp³-hybridized carbons (Fsp3) is 0.500. The van der Waals surface area contributed by atoms with Gasteiger partial charge in [-0.25, -0.2) is 18.0 Å². The number of carbonyl (C=O) groups is 2. The van der Waals surface area contributed by atoms with Crippen LogP contribution in [-0.2, 0) is 19.5 Å². The summed E-state index contributed by atoms with van der Waals surface area (Å²) in [6.45, 7) is 5.22. The van der Waals surface area contributed by atoms with E-state index in [2.05, 4.69) is 10.1 Å². The molecule has 0 atom stereocenters. The van der Waals surface area contributed by atoms with E-state index in [0.717, 1.165) is 10.6 Å². The maximum absolute atomic E-state index is 12.1. The number of anilines is 1. The Balaban J connectivity index is 2.87. The van der Waals surface area contributed by atoms with Crippen molar-refractivity contribution in [3.8, 4) is 0 Å². The van der Waals surface area contributed by atoms with E-state index in [4.69, 9.17) is 4.74 Å². The molecule has 0 aliphatic heterocycles. The molecular formula is C16H24N2O6S. The third-order valence-electron chi connectivity index (χ3n) is 2.94. The predicted molar refractivity (Wildman–Crippen MR) is 94.2 cm³/mol. The highest BCUT2D eigenvalue weighted by atomic mass is 32.2. The zero-order valence-electron chi connectivity index (χ0n) is 15.0. The summed E-state index contributed by atoms with van der Waals surface area (Å²) in [6.07, 6.45) is 0.412. The summed E-state index contributed by atoms with van der Waals surface area (Å²) in [5.41, 5.74) is -0.111. The van der Waals surface area contributed by atoms with Crippen LogP contribution in [0, 0.1) is 0 Å². The molecule has 1 N–H and O–H groups in total. The van der Waals surface area contributed by atoms with E-state index < -0.39 is 27.7 Å². The topological polar surface area (TPSA) is 102 Å². The van der Waals surface area contributed by atoms with Crippen molar-refractivity contribution in [2.24, 2.45) is 0 Å². The molecule has 8 nitrogen and oxygen atoms in total. The molecule has 0 unspecified atom stereocenters. The molecule has 140 valence electrons. The number of hydrogen-bond donors (Lipinski definition) is 1. The van der Waals surface area contributed by atoms with Crippen molar-refractivity contribution in [1.29, 1.82) is 0 Å². The molecule has 1 aromatic rings. The molecule has 0 aliphatic carbocycles. The van der Waals surface area contributed by atoms with E-state index in [0.29, 0.717) is 5.69 Å². The van der Waals surface area contributed by atoms with Gasteiger partial charge in [0, 0.05) is 6.54 Å². The number of alkyl carbamates (subject to hydrolysis) is 1. The van der Waals surface area contributed by atoms with Gasteiger partial charge in [-0.2, -0.15) is 0 Å². The molecule has 0 heterocycles. The number of nitrogens with one attached hydrogen (secondary N) is 1. The molecule has 0 saturated heterocycles. The summed E-state index contributed by atoms with van der Waals surface area (Å²) >= 11 is 0. The minimum absolute atomic E-state index is 0.0112. The smallest absolute Gasteiger partial charge is 0.407 e. The summed E-state index contributed by atoms with van der Waals surface area (Å²) < 4.78 is 34.9. The molecule has 0 aromatic heterocycles. The number of benzene rings is 1. The van der Waals surface area contributed by atoms with Crippen LogP contribution in [0.25, 0.3) is 0 Å². The third-order valence-corrected chi connectivity index (χ3v) is 4.13. The Labute approximate surface area is 148 Å². The Morgan fingerprint density at radius 2 is 1.88 bits per heavy atom. The first kappa shape index (κ1) is 20.8. The van der Waals surface area contributed by atoms with Crippen LogP contribution in [0.15, 0.2) is 24.3 Å². The van der Waals surface area contributed by atoms with Crippen LogP contribution >= 0.6 is 0 Å². The van der Waals surface area contributed by atoms with Gasteiger partial charge in [-0.05, 0) is 39.0 Å². The summed E-state index contributed by atoms with van der Waals surface area (Å²) in [7, 11) is -2.37. The number of ether oxygens (including phenoxy) is 2.